The predicted molar refractivity (Wildman–Crippen MR) is 78.2 cm³/mol. The second kappa shape index (κ2) is 4.50. The summed E-state index contributed by atoms with van der Waals surface area (Å²) in [5.41, 5.74) is 5.85. The van der Waals surface area contributed by atoms with E-state index in [9.17, 15) is 0 Å². The lowest BCUT2D eigenvalue weighted by atomic mass is 10.0. The molecule has 3 heteroatoms. The van der Waals surface area contributed by atoms with E-state index in [2.05, 4.69) is 53.2 Å². The summed E-state index contributed by atoms with van der Waals surface area (Å²) in [6, 6.07) is 6.36. The number of aryl methyl sites for hydroxylation is 3. The maximum atomic E-state index is 4.64. The molecule has 0 aliphatic rings. The van der Waals surface area contributed by atoms with Crippen LogP contribution < -0.4 is 0 Å². The van der Waals surface area contributed by atoms with Gasteiger partial charge >= 0.3 is 0 Å². The third-order valence-electron chi connectivity index (χ3n) is 3.54. The van der Waals surface area contributed by atoms with E-state index >= 15 is 0 Å². The average molecular weight is 251 g/mol. The molecule has 0 amide bonds. The summed E-state index contributed by atoms with van der Waals surface area (Å²) < 4.78 is 0. The zero-order chi connectivity index (χ0) is 13.4. The number of rotatable bonds is 2. The van der Waals surface area contributed by atoms with Crippen molar-refractivity contribution < 1.29 is 0 Å². The Kier molecular flexibility index (Phi) is 2.82. The van der Waals surface area contributed by atoms with E-state index in [0.717, 1.165) is 17.9 Å². The Hall–Kier alpha value is -2.16. The zero-order valence-corrected chi connectivity index (χ0v) is 11.5. The van der Waals surface area contributed by atoms with Crippen LogP contribution in [0, 0.1) is 13.8 Å². The number of benzene rings is 1. The predicted octanol–water partition coefficient (Wildman–Crippen LogP) is 3.80. The topological polar surface area (TPSA) is 41.6 Å². The maximum Gasteiger partial charge on any atom is 0.125 e. The van der Waals surface area contributed by atoms with Gasteiger partial charge in [0.15, 0.2) is 0 Å². The van der Waals surface area contributed by atoms with Gasteiger partial charge in [-0.2, -0.15) is 0 Å². The number of fused-ring (bicyclic) bond motifs is 1. The van der Waals surface area contributed by atoms with Crippen LogP contribution in [0.4, 0.5) is 0 Å². The first-order valence-corrected chi connectivity index (χ1v) is 6.60. The van der Waals surface area contributed by atoms with Gasteiger partial charge in [0.2, 0.25) is 0 Å². The number of hydrogen-bond acceptors (Lipinski definition) is 2. The summed E-state index contributed by atoms with van der Waals surface area (Å²) in [5.74, 6) is 0.814. The first-order chi connectivity index (χ1) is 9.20. The Morgan fingerprint density at radius 2 is 2.05 bits per heavy atom. The SMILES string of the molecule is CCc1cnc(C)nc1-c1c[nH]c2c(C)cccc12. The van der Waals surface area contributed by atoms with E-state index in [1.54, 1.807) is 0 Å². The van der Waals surface area contributed by atoms with Crippen molar-refractivity contribution in [3.8, 4) is 11.3 Å². The molecule has 0 aliphatic carbocycles. The summed E-state index contributed by atoms with van der Waals surface area (Å²) in [6.07, 6.45) is 4.93. The fourth-order valence-electron chi connectivity index (χ4n) is 2.49. The fraction of sp³-hybridized carbons (Fsp3) is 0.250. The van der Waals surface area contributed by atoms with Crippen molar-refractivity contribution in [2.75, 3.05) is 0 Å². The Balaban J connectivity index is 2.30. The van der Waals surface area contributed by atoms with Gasteiger partial charge in [0.25, 0.3) is 0 Å². The molecular weight excluding hydrogens is 234 g/mol. The van der Waals surface area contributed by atoms with E-state index in [1.807, 2.05) is 13.1 Å². The molecule has 1 aromatic carbocycles. The van der Waals surface area contributed by atoms with Gasteiger partial charge in [-0.25, -0.2) is 9.97 Å². The molecule has 0 unspecified atom stereocenters. The Morgan fingerprint density at radius 3 is 2.84 bits per heavy atom. The van der Waals surface area contributed by atoms with Crippen LogP contribution in [0.3, 0.4) is 0 Å². The highest BCUT2D eigenvalue weighted by Crippen LogP contribution is 2.30. The van der Waals surface area contributed by atoms with E-state index in [1.165, 1.54) is 27.6 Å². The summed E-state index contributed by atoms with van der Waals surface area (Å²) >= 11 is 0. The molecule has 0 bridgehead atoms. The second-order valence-corrected chi connectivity index (χ2v) is 4.84. The van der Waals surface area contributed by atoms with Gasteiger partial charge in [-0.3, -0.25) is 0 Å². The number of aromatic nitrogens is 3. The number of para-hydroxylation sites is 1. The molecule has 0 radical (unpaired) electrons. The normalized spacial score (nSPS) is 11.1. The number of nitrogens with zero attached hydrogens (tertiary/aromatic N) is 2. The lowest BCUT2D eigenvalue weighted by Gasteiger charge is -2.06. The number of aromatic amines is 1. The van der Waals surface area contributed by atoms with Crippen LogP contribution in [0.5, 0.6) is 0 Å². The van der Waals surface area contributed by atoms with Gasteiger partial charge in [-0.1, -0.05) is 25.1 Å². The second-order valence-electron chi connectivity index (χ2n) is 4.84. The monoisotopic (exact) mass is 251 g/mol. The summed E-state index contributed by atoms with van der Waals surface area (Å²) in [6.45, 7) is 6.19. The first kappa shape index (κ1) is 11.9. The van der Waals surface area contributed by atoms with Gasteiger partial charge in [0, 0.05) is 28.9 Å². The van der Waals surface area contributed by atoms with Gasteiger partial charge in [0.1, 0.15) is 5.82 Å². The largest absolute Gasteiger partial charge is 0.360 e. The molecule has 1 N–H and O–H groups in total. The highest BCUT2D eigenvalue weighted by atomic mass is 14.9. The van der Waals surface area contributed by atoms with Crippen molar-refractivity contribution in [1.29, 1.82) is 0 Å². The minimum atomic E-state index is 0.814. The van der Waals surface area contributed by atoms with Crippen molar-refractivity contribution in [1.82, 2.24) is 15.0 Å². The van der Waals surface area contributed by atoms with E-state index < -0.39 is 0 Å². The van der Waals surface area contributed by atoms with Gasteiger partial charge < -0.3 is 4.98 Å². The van der Waals surface area contributed by atoms with Gasteiger partial charge in [-0.15, -0.1) is 0 Å². The maximum absolute atomic E-state index is 4.64. The smallest absolute Gasteiger partial charge is 0.125 e. The molecule has 2 aromatic heterocycles. The lowest BCUT2D eigenvalue weighted by Crippen LogP contribution is -1.96. The number of nitrogens with one attached hydrogen (secondary N) is 1. The molecule has 0 fully saturated rings. The van der Waals surface area contributed by atoms with Crippen LogP contribution in [0.25, 0.3) is 22.2 Å². The van der Waals surface area contributed by atoms with Crippen LogP contribution in [0.2, 0.25) is 0 Å². The van der Waals surface area contributed by atoms with Gasteiger partial charge in [0.05, 0.1) is 5.69 Å². The highest BCUT2D eigenvalue weighted by molar-refractivity contribution is 5.96. The number of H-pyrrole nitrogens is 1. The Bertz CT molecular complexity index is 741. The molecule has 3 nitrogen and oxygen atoms in total. The Labute approximate surface area is 112 Å². The standard InChI is InChI=1S/C16H17N3/c1-4-12-8-17-11(3)19-16(12)14-9-18-15-10(2)6-5-7-13(14)15/h5-9,18H,4H2,1-3H3. The van der Waals surface area contributed by atoms with Crippen molar-refractivity contribution >= 4 is 10.9 Å². The van der Waals surface area contributed by atoms with Crippen molar-refractivity contribution in [3.05, 3.63) is 47.5 Å². The minimum absolute atomic E-state index is 0.814. The van der Waals surface area contributed by atoms with E-state index in [-0.39, 0.29) is 0 Å². The lowest BCUT2D eigenvalue weighted by molar-refractivity contribution is 0.997. The van der Waals surface area contributed by atoms with E-state index in [0.29, 0.717) is 0 Å². The van der Waals surface area contributed by atoms with Crippen LogP contribution in [-0.2, 0) is 6.42 Å². The van der Waals surface area contributed by atoms with Crippen LogP contribution in [-0.4, -0.2) is 15.0 Å². The van der Waals surface area contributed by atoms with E-state index in [4.69, 9.17) is 0 Å². The van der Waals surface area contributed by atoms with Crippen molar-refractivity contribution in [2.45, 2.75) is 27.2 Å². The molecule has 3 aromatic rings. The van der Waals surface area contributed by atoms with Crippen molar-refractivity contribution in [3.63, 3.8) is 0 Å². The van der Waals surface area contributed by atoms with Crippen LogP contribution >= 0.6 is 0 Å². The molecule has 0 atom stereocenters. The fourth-order valence-corrected chi connectivity index (χ4v) is 2.49. The van der Waals surface area contributed by atoms with Crippen LogP contribution in [0.1, 0.15) is 23.9 Å². The zero-order valence-electron chi connectivity index (χ0n) is 11.5. The summed E-state index contributed by atoms with van der Waals surface area (Å²) in [7, 11) is 0. The average Bonchev–Trinajstić information content (AvgIpc) is 2.84. The molecule has 0 spiro atoms. The molecular formula is C16H17N3. The van der Waals surface area contributed by atoms with Crippen LogP contribution in [0.15, 0.2) is 30.6 Å². The summed E-state index contributed by atoms with van der Waals surface area (Å²) in [5, 5.41) is 1.23. The van der Waals surface area contributed by atoms with Crippen molar-refractivity contribution in [2.24, 2.45) is 0 Å². The molecule has 0 saturated heterocycles. The molecule has 0 aliphatic heterocycles. The third-order valence-corrected chi connectivity index (χ3v) is 3.54. The molecule has 19 heavy (non-hydrogen) atoms. The number of hydrogen-bond donors (Lipinski definition) is 1. The minimum Gasteiger partial charge on any atom is -0.360 e. The molecule has 96 valence electrons. The molecule has 3 rings (SSSR count). The summed E-state index contributed by atoms with van der Waals surface area (Å²) in [4.78, 5) is 12.3. The highest BCUT2D eigenvalue weighted by Gasteiger charge is 2.12. The Morgan fingerprint density at radius 1 is 1.21 bits per heavy atom. The molecule has 0 saturated carbocycles. The quantitative estimate of drug-likeness (QED) is 0.752. The van der Waals surface area contributed by atoms with Gasteiger partial charge in [-0.05, 0) is 31.4 Å². The molecule has 2 heterocycles. The first-order valence-electron chi connectivity index (χ1n) is 6.60. The third kappa shape index (κ3) is 1.91.